The van der Waals surface area contributed by atoms with Gasteiger partial charge in [-0.1, -0.05) is 24.3 Å². The molecule has 1 aromatic heterocycles. The van der Waals surface area contributed by atoms with Crippen LogP contribution in [0.15, 0.2) is 71.8 Å². The molecule has 0 radical (unpaired) electrons. The van der Waals surface area contributed by atoms with Gasteiger partial charge in [0.15, 0.2) is 0 Å². The molecule has 3 rings (SSSR count). The van der Waals surface area contributed by atoms with E-state index in [9.17, 15) is 13.5 Å². The number of aromatic nitrogens is 1. The second kappa shape index (κ2) is 9.71. The number of benzene rings is 2. The fourth-order valence-corrected chi connectivity index (χ4v) is 4.26. The Kier molecular flexibility index (Phi) is 7.04. The van der Waals surface area contributed by atoms with Crippen molar-refractivity contribution < 1.29 is 23.0 Å². The van der Waals surface area contributed by atoms with Crippen LogP contribution in [0.3, 0.4) is 0 Å². The number of ether oxygens (including phenoxy) is 2. The minimum absolute atomic E-state index is 0.0710. The SMILES string of the molecule is COc1ccc(CN(Cc2ccc(OC)cc2)S(=O)(=O)c2ccc(CO)nc2)cc1. The summed E-state index contributed by atoms with van der Waals surface area (Å²) in [6.45, 7) is 0.113. The van der Waals surface area contributed by atoms with Gasteiger partial charge in [0, 0.05) is 19.3 Å². The molecule has 158 valence electrons. The van der Waals surface area contributed by atoms with E-state index in [1.165, 1.54) is 22.6 Å². The molecule has 30 heavy (non-hydrogen) atoms. The normalized spacial score (nSPS) is 11.5. The number of aliphatic hydroxyl groups excluding tert-OH is 1. The van der Waals surface area contributed by atoms with Gasteiger partial charge in [-0.3, -0.25) is 4.98 Å². The number of nitrogens with zero attached hydrogens (tertiary/aromatic N) is 2. The lowest BCUT2D eigenvalue weighted by Crippen LogP contribution is -2.30. The van der Waals surface area contributed by atoms with E-state index in [1.54, 1.807) is 38.5 Å². The third-order valence-electron chi connectivity index (χ3n) is 4.63. The first kappa shape index (κ1) is 21.8. The zero-order valence-electron chi connectivity index (χ0n) is 16.9. The molecular formula is C22H24N2O5S. The Labute approximate surface area is 176 Å². The van der Waals surface area contributed by atoms with Gasteiger partial charge in [-0.05, 0) is 47.5 Å². The highest BCUT2D eigenvalue weighted by molar-refractivity contribution is 7.89. The van der Waals surface area contributed by atoms with Gasteiger partial charge in [0.1, 0.15) is 16.4 Å². The van der Waals surface area contributed by atoms with Crippen molar-refractivity contribution in [2.75, 3.05) is 14.2 Å². The summed E-state index contributed by atoms with van der Waals surface area (Å²) in [5.41, 5.74) is 2.06. The fraction of sp³-hybridized carbons (Fsp3) is 0.227. The first-order valence-corrected chi connectivity index (χ1v) is 10.7. The van der Waals surface area contributed by atoms with Gasteiger partial charge in [0.05, 0.1) is 26.5 Å². The van der Waals surface area contributed by atoms with Crippen LogP contribution in [0.25, 0.3) is 0 Å². The predicted molar refractivity (Wildman–Crippen MR) is 113 cm³/mol. The van der Waals surface area contributed by atoms with Crippen molar-refractivity contribution >= 4 is 10.0 Å². The van der Waals surface area contributed by atoms with Gasteiger partial charge in [0.25, 0.3) is 0 Å². The second-order valence-electron chi connectivity index (χ2n) is 6.61. The number of pyridine rings is 1. The van der Waals surface area contributed by atoms with Gasteiger partial charge < -0.3 is 14.6 Å². The van der Waals surface area contributed by atoms with Crippen LogP contribution in [0.2, 0.25) is 0 Å². The first-order chi connectivity index (χ1) is 14.5. The summed E-state index contributed by atoms with van der Waals surface area (Å²) in [6.07, 6.45) is 1.27. The van der Waals surface area contributed by atoms with Crippen LogP contribution in [-0.2, 0) is 29.7 Å². The smallest absolute Gasteiger partial charge is 0.245 e. The summed E-state index contributed by atoms with van der Waals surface area (Å²) in [6, 6.07) is 17.5. The second-order valence-corrected chi connectivity index (χ2v) is 8.55. The van der Waals surface area contributed by atoms with Gasteiger partial charge >= 0.3 is 0 Å². The molecule has 0 bridgehead atoms. The number of aliphatic hydroxyl groups is 1. The molecule has 0 fully saturated rings. The Morgan fingerprint density at radius 3 is 1.70 bits per heavy atom. The van der Waals surface area contributed by atoms with Crippen LogP contribution in [0.4, 0.5) is 0 Å². The molecule has 7 nitrogen and oxygen atoms in total. The summed E-state index contributed by atoms with van der Waals surface area (Å²) in [5, 5.41) is 9.17. The zero-order valence-corrected chi connectivity index (χ0v) is 17.7. The lowest BCUT2D eigenvalue weighted by atomic mass is 10.2. The van der Waals surface area contributed by atoms with E-state index in [0.717, 1.165) is 11.1 Å². The fourth-order valence-electron chi connectivity index (χ4n) is 2.90. The molecule has 1 heterocycles. The molecule has 3 aromatic rings. The monoisotopic (exact) mass is 428 g/mol. The highest BCUT2D eigenvalue weighted by Gasteiger charge is 2.25. The standard InChI is InChI=1S/C22H24N2O5S/c1-28-20-8-3-17(4-9-20)14-24(15-18-5-10-21(29-2)11-6-18)30(26,27)22-12-7-19(16-25)23-13-22/h3-13,25H,14-16H2,1-2H3. The van der Waals surface area contributed by atoms with Crippen molar-refractivity contribution in [2.24, 2.45) is 0 Å². The number of rotatable bonds is 9. The van der Waals surface area contributed by atoms with Gasteiger partial charge in [0.2, 0.25) is 10.0 Å². The van der Waals surface area contributed by atoms with Crippen molar-refractivity contribution in [3.63, 3.8) is 0 Å². The average molecular weight is 429 g/mol. The van der Waals surface area contributed by atoms with E-state index in [4.69, 9.17) is 9.47 Å². The van der Waals surface area contributed by atoms with Crippen LogP contribution < -0.4 is 9.47 Å². The molecule has 0 aliphatic carbocycles. The molecule has 0 saturated carbocycles. The Morgan fingerprint density at radius 1 is 0.833 bits per heavy atom. The van der Waals surface area contributed by atoms with Gasteiger partial charge in [-0.15, -0.1) is 0 Å². The molecule has 1 N–H and O–H groups in total. The third kappa shape index (κ3) is 5.15. The number of methoxy groups -OCH3 is 2. The molecule has 0 atom stereocenters. The van der Waals surface area contributed by atoms with Crippen molar-refractivity contribution in [2.45, 2.75) is 24.6 Å². The summed E-state index contributed by atoms with van der Waals surface area (Å²) in [7, 11) is -0.663. The number of sulfonamides is 1. The van der Waals surface area contributed by atoms with E-state index < -0.39 is 10.0 Å². The van der Waals surface area contributed by atoms with Crippen LogP contribution in [0.1, 0.15) is 16.8 Å². The maximum absolute atomic E-state index is 13.4. The molecule has 0 unspecified atom stereocenters. The molecule has 8 heteroatoms. The lowest BCUT2D eigenvalue weighted by Gasteiger charge is -2.23. The molecule has 0 aliphatic rings. The Balaban J connectivity index is 1.93. The van der Waals surface area contributed by atoms with Crippen LogP contribution in [0.5, 0.6) is 11.5 Å². The van der Waals surface area contributed by atoms with E-state index in [1.807, 2.05) is 24.3 Å². The average Bonchev–Trinajstić information content (AvgIpc) is 2.79. The van der Waals surface area contributed by atoms with E-state index in [-0.39, 0.29) is 24.6 Å². The Hall–Kier alpha value is -2.94. The van der Waals surface area contributed by atoms with Gasteiger partial charge in [-0.25, -0.2) is 8.42 Å². The minimum atomic E-state index is -3.83. The molecule has 0 saturated heterocycles. The van der Waals surface area contributed by atoms with E-state index in [0.29, 0.717) is 17.2 Å². The van der Waals surface area contributed by atoms with Gasteiger partial charge in [-0.2, -0.15) is 4.31 Å². The molecule has 0 spiro atoms. The predicted octanol–water partition coefficient (Wildman–Crippen LogP) is 2.98. The lowest BCUT2D eigenvalue weighted by molar-refractivity contribution is 0.276. The number of hydrogen-bond acceptors (Lipinski definition) is 6. The molecule has 2 aromatic carbocycles. The van der Waals surface area contributed by atoms with E-state index in [2.05, 4.69) is 4.98 Å². The van der Waals surface area contributed by atoms with Crippen LogP contribution >= 0.6 is 0 Å². The molecule has 0 aliphatic heterocycles. The summed E-state index contributed by atoms with van der Waals surface area (Å²) in [5.74, 6) is 1.40. The first-order valence-electron chi connectivity index (χ1n) is 9.28. The van der Waals surface area contributed by atoms with E-state index >= 15 is 0 Å². The quantitative estimate of drug-likeness (QED) is 0.564. The maximum Gasteiger partial charge on any atom is 0.245 e. The summed E-state index contributed by atoms with van der Waals surface area (Å²) >= 11 is 0. The Morgan fingerprint density at radius 2 is 1.33 bits per heavy atom. The van der Waals surface area contributed by atoms with Crippen molar-refractivity contribution in [1.29, 1.82) is 0 Å². The molecular weight excluding hydrogens is 404 g/mol. The highest BCUT2D eigenvalue weighted by atomic mass is 32.2. The van der Waals surface area contributed by atoms with Crippen LogP contribution in [-0.4, -0.2) is 37.0 Å². The maximum atomic E-state index is 13.4. The van der Waals surface area contributed by atoms with Crippen molar-refractivity contribution in [3.8, 4) is 11.5 Å². The summed E-state index contributed by atoms with van der Waals surface area (Å²) < 4.78 is 38.5. The van der Waals surface area contributed by atoms with Crippen molar-refractivity contribution in [3.05, 3.63) is 83.7 Å². The minimum Gasteiger partial charge on any atom is -0.497 e. The number of hydrogen-bond donors (Lipinski definition) is 1. The topological polar surface area (TPSA) is 89.0 Å². The zero-order chi connectivity index (χ0) is 21.6. The van der Waals surface area contributed by atoms with Crippen LogP contribution in [0, 0.1) is 0 Å². The molecule has 0 amide bonds. The highest BCUT2D eigenvalue weighted by Crippen LogP contribution is 2.23. The Bertz CT molecular complexity index is 1000. The third-order valence-corrected chi connectivity index (χ3v) is 6.41. The van der Waals surface area contributed by atoms with Crippen molar-refractivity contribution in [1.82, 2.24) is 9.29 Å². The largest absolute Gasteiger partial charge is 0.497 e. The summed E-state index contributed by atoms with van der Waals surface area (Å²) in [4.78, 5) is 4.09.